The molecule has 0 spiro atoms. The van der Waals surface area contributed by atoms with Gasteiger partial charge in [0.15, 0.2) is 5.78 Å². The number of hydrogen-bond donors (Lipinski definition) is 2. The van der Waals surface area contributed by atoms with E-state index in [1.807, 2.05) is 0 Å². The number of rotatable bonds is 6. The minimum atomic E-state index is -1.04. The van der Waals surface area contributed by atoms with Crippen molar-refractivity contribution in [2.24, 2.45) is 11.3 Å². The van der Waals surface area contributed by atoms with E-state index in [0.29, 0.717) is 64.6 Å². The SMILES string of the molecule is CC1(C)CC(=O)C=C(N2CCC(C#N)(NC(=O)C(CC3CCCCC3)NC(=O)N3CCOCC3)C2)C1. The molecular weight excluding hydrogens is 458 g/mol. The normalized spacial score (nSPS) is 27.7. The highest BCUT2D eigenvalue weighted by Crippen LogP contribution is 2.37. The summed E-state index contributed by atoms with van der Waals surface area (Å²) in [6.07, 6.45) is 9.71. The van der Waals surface area contributed by atoms with E-state index < -0.39 is 11.6 Å². The zero-order valence-corrected chi connectivity index (χ0v) is 21.8. The third-order valence-corrected chi connectivity index (χ3v) is 8.10. The molecule has 2 unspecified atom stereocenters. The van der Waals surface area contributed by atoms with Crippen LogP contribution in [0.2, 0.25) is 0 Å². The second kappa shape index (κ2) is 11.2. The number of ketones is 1. The van der Waals surface area contributed by atoms with Gasteiger partial charge in [0.25, 0.3) is 0 Å². The van der Waals surface area contributed by atoms with E-state index in [-0.39, 0.29) is 23.1 Å². The first-order valence-electron chi connectivity index (χ1n) is 13.5. The summed E-state index contributed by atoms with van der Waals surface area (Å²) in [5, 5.41) is 16.1. The Kier molecular flexibility index (Phi) is 8.23. The molecular formula is C27H41N5O4. The van der Waals surface area contributed by atoms with Gasteiger partial charge >= 0.3 is 6.03 Å². The second-order valence-electron chi connectivity index (χ2n) is 11.8. The van der Waals surface area contributed by atoms with Gasteiger partial charge in [-0.15, -0.1) is 0 Å². The van der Waals surface area contributed by atoms with Crippen LogP contribution in [0.4, 0.5) is 4.79 Å². The van der Waals surface area contributed by atoms with Crippen molar-refractivity contribution >= 4 is 17.7 Å². The molecule has 2 heterocycles. The molecule has 2 N–H and O–H groups in total. The number of urea groups is 1. The first-order chi connectivity index (χ1) is 17.2. The molecule has 9 nitrogen and oxygen atoms in total. The number of carbonyl (C=O) groups excluding carboxylic acids is 3. The van der Waals surface area contributed by atoms with E-state index in [1.165, 1.54) is 6.42 Å². The Bertz CT molecular complexity index is 914. The van der Waals surface area contributed by atoms with E-state index in [4.69, 9.17) is 4.74 Å². The average Bonchev–Trinajstić information content (AvgIpc) is 3.28. The van der Waals surface area contributed by atoms with Crippen LogP contribution in [0.1, 0.15) is 71.6 Å². The molecule has 4 aliphatic rings. The van der Waals surface area contributed by atoms with E-state index >= 15 is 0 Å². The molecule has 2 aliphatic carbocycles. The number of likely N-dealkylation sites (tertiary alicyclic amines) is 1. The minimum Gasteiger partial charge on any atom is -0.378 e. The van der Waals surface area contributed by atoms with Crippen molar-refractivity contribution in [2.75, 3.05) is 39.4 Å². The van der Waals surface area contributed by atoms with Gasteiger partial charge in [-0.3, -0.25) is 9.59 Å². The Hall–Kier alpha value is -2.60. The van der Waals surface area contributed by atoms with Crippen molar-refractivity contribution in [2.45, 2.75) is 83.2 Å². The van der Waals surface area contributed by atoms with Gasteiger partial charge < -0.3 is 25.2 Å². The van der Waals surface area contributed by atoms with Crippen molar-refractivity contribution in [3.05, 3.63) is 11.8 Å². The van der Waals surface area contributed by atoms with Gasteiger partial charge in [-0.05, 0) is 24.2 Å². The Morgan fingerprint density at radius 1 is 1.17 bits per heavy atom. The lowest BCUT2D eigenvalue weighted by atomic mass is 9.78. The molecule has 0 bridgehead atoms. The zero-order valence-electron chi connectivity index (χ0n) is 21.8. The number of nitrogens with zero attached hydrogens (tertiary/aromatic N) is 3. The number of morpholine rings is 1. The molecule has 2 aliphatic heterocycles. The van der Waals surface area contributed by atoms with Crippen molar-refractivity contribution in [1.29, 1.82) is 5.26 Å². The molecule has 3 fully saturated rings. The van der Waals surface area contributed by atoms with Crippen molar-refractivity contribution in [1.82, 2.24) is 20.4 Å². The second-order valence-corrected chi connectivity index (χ2v) is 11.8. The highest BCUT2D eigenvalue weighted by atomic mass is 16.5. The number of hydrogen-bond acceptors (Lipinski definition) is 6. The number of amides is 3. The van der Waals surface area contributed by atoms with Gasteiger partial charge in [0, 0.05) is 44.2 Å². The van der Waals surface area contributed by atoms with Gasteiger partial charge in [0.1, 0.15) is 11.6 Å². The molecule has 9 heteroatoms. The molecule has 36 heavy (non-hydrogen) atoms. The molecule has 198 valence electrons. The van der Waals surface area contributed by atoms with Crippen LogP contribution >= 0.6 is 0 Å². The van der Waals surface area contributed by atoms with Crippen LogP contribution in [0.25, 0.3) is 0 Å². The van der Waals surface area contributed by atoms with Crippen molar-refractivity contribution in [3.63, 3.8) is 0 Å². The lowest BCUT2D eigenvalue weighted by molar-refractivity contribution is -0.125. The quantitative estimate of drug-likeness (QED) is 0.581. The molecule has 0 aromatic carbocycles. The van der Waals surface area contributed by atoms with Crippen LogP contribution < -0.4 is 10.6 Å². The van der Waals surface area contributed by atoms with Gasteiger partial charge in [-0.25, -0.2) is 4.79 Å². The summed E-state index contributed by atoms with van der Waals surface area (Å²) in [6, 6.07) is 1.43. The summed E-state index contributed by atoms with van der Waals surface area (Å²) in [5.74, 6) is 0.205. The van der Waals surface area contributed by atoms with E-state index in [2.05, 4.69) is 35.5 Å². The van der Waals surface area contributed by atoms with Crippen LogP contribution in [-0.4, -0.2) is 78.5 Å². The molecule has 2 saturated heterocycles. The van der Waals surface area contributed by atoms with Crippen LogP contribution in [-0.2, 0) is 14.3 Å². The predicted octanol–water partition coefficient (Wildman–Crippen LogP) is 2.72. The topological polar surface area (TPSA) is 115 Å². The molecule has 2 atom stereocenters. The van der Waals surface area contributed by atoms with Crippen LogP contribution in [0, 0.1) is 22.7 Å². The molecule has 1 saturated carbocycles. The summed E-state index contributed by atoms with van der Waals surface area (Å²) < 4.78 is 5.35. The van der Waals surface area contributed by atoms with Crippen LogP contribution in [0.15, 0.2) is 11.8 Å². The van der Waals surface area contributed by atoms with E-state index in [0.717, 1.165) is 37.8 Å². The van der Waals surface area contributed by atoms with Crippen LogP contribution in [0.5, 0.6) is 0 Å². The van der Waals surface area contributed by atoms with Crippen molar-refractivity contribution in [3.8, 4) is 6.07 Å². The number of nitriles is 1. The summed E-state index contributed by atoms with van der Waals surface area (Å²) >= 11 is 0. The van der Waals surface area contributed by atoms with E-state index in [9.17, 15) is 19.6 Å². The maximum Gasteiger partial charge on any atom is 0.318 e. The molecule has 4 rings (SSSR count). The average molecular weight is 500 g/mol. The largest absolute Gasteiger partial charge is 0.378 e. The summed E-state index contributed by atoms with van der Waals surface area (Å²) in [7, 11) is 0. The number of allylic oxidation sites excluding steroid dienone is 2. The Balaban J connectivity index is 1.44. The lowest BCUT2D eigenvalue weighted by Gasteiger charge is -2.35. The fourth-order valence-electron chi connectivity index (χ4n) is 6.11. The number of ether oxygens (including phenoxy) is 1. The minimum absolute atomic E-state index is 0.109. The zero-order chi connectivity index (χ0) is 25.8. The molecule has 0 aromatic heterocycles. The maximum atomic E-state index is 13.6. The number of nitrogens with one attached hydrogen (secondary N) is 2. The smallest absolute Gasteiger partial charge is 0.318 e. The standard InChI is InChI=1S/C27H41N5O4/c1-26(2)16-21(15-22(33)17-26)32-9-8-27(18-28,19-32)30-24(34)23(14-20-6-4-3-5-7-20)29-25(35)31-10-12-36-13-11-31/h15,20,23H,3-14,16-17,19H2,1-2H3,(H,29,35)(H,30,34). The highest BCUT2D eigenvalue weighted by molar-refractivity contribution is 5.91. The lowest BCUT2D eigenvalue weighted by Crippen LogP contribution is -2.58. The first kappa shape index (κ1) is 26.5. The Morgan fingerprint density at radius 3 is 2.56 bits per heavy atom. The molecule has 3 amide bonds. The third-order valence-electron chi connectivity index (χ3n) is 8.10. The predicted molar refractivity (Wildman–Crippen MR) is 135 cm³/mol. The monoisotopic (exact) mass is 499 g/mol. The van der Waals surface area contributed by atoms with E-state index in [1.54, 1.807) is 11.0 Å². The summed E-state index contributed by atoms with van der Waals surface area (Å²) in [6.45, 7) is 7.12. The summed E-state index contributed by atoms with van der Waals surface area (Å²) in [4.78, 5) is 42.6. The number of carbonyl (C=O) groups is 3. The maximum absolute atomic E-state index is 13.6. The molecule has 0 radical (unpaired) electrons. The fraction of sp³-hybridized carbons (Fsp3) is 0.778. The van der Waals surface area contributed by atoms with Gasteiger partial charge in [0.2, 0.25) is 5.91 Å². The summed E-state index contributed by atoms with van der Waals surface area (Å²) in [5.41, 5.74) is -0.212. The highest BCUT2D eigenvalue weighted by Gasteiger charge is 2.43. The Labute approximate surface area is 214 Å². The van der Waals surface area contributed by atoms with Gasteiger partial charge in [-0.1, -0.05) is 46.0 Å². The fourth-order valence-corrected chi connectivity index (χ4v) is 6.11. The van der Waals surface area contributed by atoms with Crippen molar-refractivity contribution < 1.29 is 19.1 Å². The van der Waals surface area contributed by atoms with Gasteiger partial charge in [-0.2, -0.15) is 5.26 Å². The van der Waals surface area contributed by atoms with Gasteiger partial charge in [0.05, 0.1) is 25.8 Å². The first-order valence-corrected chi connectivity index (χ1v) is 13.5. The third kappa shape index (κ3) is 6.58. The van der Waals surface area contributed by atoms with Crippen LogP contribution in [0.3, 0.4) is 0 Å². The Morgan fingerprint density at radius 2 is 1.89 bits per heavy atom. The molecule has 0 aromatic rings.